The minimum absolute atomic E-state index is 0.0201. The molecule has 1 aromatic heterocycles. The van der Waals surface area contributed by atoms with Crippen LogP contribution in [-0.4, -0.2) is 32.7 Å². The van der Waals surface area contributed by atoms with E-state index in [-0.39, 0.29) is 11.8 Å². The lowest BCUT2D eigenvalue weighted by atomic mass is 9.95. The maximum absolute atomic E-state index is 12.4. The largest absolute Gasteiger partial charge is 0.330 e. The average Bonchev–Trinajstić information content (AvgIpc) is 3.18. The van der Waals surface area contributed by atoms with Crippen LogP contribution in [0.15, 0.2) is 30.6 Å². The van der Waals surface area contributed by atoms with E-state index in [1.54, 1.807) is 4.68 Å². The quantitative estimate of drug-likeness (QED) is 0.872. The van der Waals surface area contributed by atoms with Gasteiger partial charge in [0.1, 0.15) is 6.33 Å². The van der Waals surface area contributed by atoms with Gasteiger partial charge in [-0.2, -0.15) is 0 Å². The lowest BCUT2D eigenvalue weighted by Gasteiger charge is -2.17. The first-order valence-electron chi connectivity index (χ1n) is 7.12. The van der Waals surface area contributed by atoms with Crippen molar-refractivity contribution in [3.63, 3.8) is 0 Å². The van der Waals surface area contributed by atoms with E-state index in [0.29, 0.717) is 12.5 Å². The molecule has 1 aromatic carbocycles. The van der Waals surface area contributed by atoms with Crippen LogP contribution in [0.5, 0.6) is 0 Å². The van der Waals surface area contributed by atoms with Gasteiger partial charge >= 0.3 is 0 Å². The summed E-state index contributed by atoms with van der Waals surface area (Å²) in [4.78, 5) is 12.4. The fraction of sp³-hybridized carbons (Fsp3) is 0.429. The van der Waals surface area contributed by atoms with Gasteiger partial charge in [0.25, 0.3) is 0 Å². The zero-order chi connectivity index (χ0) is 14.7. The number of amides is 1. The summed E-state index contributed by atoms with van der Waals surface area (Å²) >= 11 is 0. The number of nitrogens with zero attached hydrogens (tertiary/aromatic N) is 4. The van der Waals surface area contributed by atoms with Crippen LogP contribution >= 0.6 is 0 Å². The van der Waals surface area contributed by atoms with E-state index in [9.17, 15) is 4.79 Å². The van der Waals surface area contributed by atoms with Crippen LogP contribution in [0.25, 0.3) is 5.69 Å². The van der Waals surface area contributed by atoms with E-state index in [1.807, 2.05) is 24.3 Å². The van der Waals surface area contributed by atoms with Crippen LogP contribution in [0.3, 0.4) is 0 Å². The highest BCUT2D eigenvalue weighted by atomic mass is 16.1. The number of carbonyl (C=O) groups excluding carboxylic acids is 1. The van der Waals surface area contributed by atoms with Crippen molar-refractivity contribution in [2.24, 2.45) is 17.6 Å². The number of nitrogens with two attached hydrogens (primary N) is 1. The van der Waals surface area contributed by atoms with Crippen LogP contribution < -0.4 is 11.1 Å². The molecule has 1 fully saturated rings. The van der Waals surface area contributed by atoms with Crippen molar-refractivity contribution in [1.29, 1.82) is 0 Å². The molecule has 0 saturated heterocycles. The maximum Gasteiger partial charge on any atom is 0.227 e. The molecular formula is C14H18N6O. The average molecular weight is 286 g/mol. The third-order valence-corrected chi connectivity index (χ3v) is 4.03. The smallest absolute Gasteiger partial charge is 0.227 e. The van der Waals surface area contributed by atoms with E-state index >= 15 is 0 Å². The number of carbonyl (C=O) groups is 1. The van der Waals surface area contributed by atoms with Crippen molar-refractivity contribution in [2.45, 2.75) is 19.3 Å². The highest BCUT2D eigenvalue weighted by molar-refractivity contribution is 5.93. The first-order valence-corrected chi connectivity index (χ1v) is 7.12. The maximum atomic E-state index is 12.4. The van der Waals surface area contributed by atoms with E-state index in [2.05, 4.69) is 20.8 Å². The van der Waals surface area contributed by atoms with Crippen molar-refractivity contribution in [3.05, 3.63) is 30.6 Å². The summed E-state index contributed by atoms with van der Waals surface area (Å²) in [7, 11) is 0. The van der Waals surface area contributed by atoms with Crippen molar-refractivity contribution >= 4 is 11.6 Å². The molecule has 1 saturated carbocycles. The van der Waals surface area contributed by atoms with Gasteiger partial charge in [0.05, 0.1) is 5.69 Å². The Balaban J connectivity index is 1.73. The van der Waals surface area contributed by atoms with Crippen LogP contribution in [0, 0.1) is 11.8 Å². The first kappa shape index (κ1) is 13.7. The molecule has 3 N–H and O–H groups in total. The second-order valence-corrected chi connectivity index (χ2v) is 5.33. The standard InChI is InChI=1S/C14H18N6O/c15-8-10-3-1-6-13(10)14(21)17-11-4-2-5-12(7-11)20-9-16-18-19-20/h2,4-5,7,9-10,13H,1,3,6,8,15H2,(H,17,21). The Kier molecular flexibility index (Phi) is 3.92. The molecule has 3 rings (SSSR count). The van der Waals surface area contributed by atoms with Crippen molar-refractivity contribution in [2.75, 3.05) is 11.9 Å². The molecule has 2 atom stereocenters. The lowest BCUT2D eigenvalue weighted by Crippen LogP contribution is -2.29. The van der Waals surface area contributed by atoms with Gasteiger partial charge < -0.3 is 11.1 Å². The summed E-state index contributed by atoms with van der Waals surface area (Å²) < 4.78 is 1.55. The molecule has 1 aliphatic rings. The number of nitrogens with one attached hydrogen (secondary N) is 1. The van der Waals surface area contributed by atoms with Crippen LogP contribution in [0.4, 0.5) is 5.69 Å². The molecule has 0 aliphatic heterocycles. The molecular weight excluding hydrogens is 268 g/mol. The zero-order valence-electron chi connectivity index (χ0n) is 11.6. The summed E-state index contributed by atoms with van der Waals surface area (Å²) in [6.45, 7) is 0.572. The Morgan fingerprint density at radius 2 is 2.33 bits per heavy atom. The van der Waals surface area contributed by atoms with Crippen molar-refractivity contribution in [1.82, 2.24) is 20.2 Å². The Bertz CT molecular complexity index is 612. The number of hydrogen-bond acceptors (Lipinski definition) is 5. The number of anilines is 1. The summed E-state index contributed by atoms with van der Waals surface area (Å²) in [5, 5.41) is 14.0. The van der Waals surface area contributed by atoms with E-state index < -0.39 is 0 Å². The van der Waals surface area contributed by atoms with Crippen LogP contribution in [-0.2, 0) is 4.79 Å². The van der Waals surface area contributed by atoms with Gasteiger partial charge in [-0.15, -0.1) is 5.10 Å². The van der Waals surface area contributed by atoms with E-state index in [4.69, 9.17) is 5.73 Å². The molecule has 1 aliphatic carbocycles. The summed E-state index contributed by atoms with van der Waals surface area (Å²) in [5.41, 5.74) is 7.29. The monoisotopic (exact) mass is 286 g/mol. The SMILES string of the molecule is NCC1CCCC1C(=O)Nc1cccc(-n2cnnn2)c1. The van der Waals surface area contributed by atoms with Crippen molar-refractivity contribution in [3.8, 4) is 5.69 Å². The molecule has 21 heavy (non-hydrogen) atoms. The second kappa shape index (κ2) is 6.01. The fourth-order valence-corrected chi connectivity index (χ4v) is 2.90. The molecule has 110 valence electrons. The van der Waals surface area contributed by atoms with Gasteiger partial charge in [0.2, 0.25) is 5.91 Å². The third-order valence-electron chi connectivity index (χ3n) is 4.03. The van der Waals surface area contributed by atoms with Gasteiger partial charge in [0.15, 0.2) is 0 Å². The normalized spacial score (nSPS) is 21.4. The minimum Gasteiger partial charge on any atom is -0.330 e. The molecule has 7 nitrogen and oxygen atoms in total. The number of tetrazole rings is 1. The Labute approximate surface area is 122 Å². The molecule has 0 spiro atoms. The zero-order valence-corrected chi connectivity index (χ0v) is 11.6. The summed E-state index contributed by atoms with van der Waals surface area (Å²) in [6.07, 6.45) is 4.55. The Morgan fingerprint density at radius 1 is 1.43 bits per heavy atom. The molecule has 7 heteroatoms. The number of rotatable bonds is 4. The Morgan fingerprint density at radius 3 is 3.10 bits per heavy atom. The van der Waals surface area contributed by atoms with Gasteiger partial charge in [-0.3, -0.25) is 4.79 Å². The first-order chi connectivity index (χ1) is 10.3. The molecule has 2 unspecified atom stereocenters. The number of benzene rings is 1. The fourth-order valence-electron chi connectivity index (χ4n) is 2.90. The van der Waals surface area contributed by atoms with Crippen LogP contribution in [0.2, 0.25) is 0 Å². The van der Waals surface area contributed by atoms with Gasteiger partial charge in [-0.05, 0) is 53.9 Å². The Hall–Kier alpha value is -2.28. The van der Waals surface area contributed by atoms with Crippen molar-refractivity contribution < 1.29 is 4.79 Å². The molecule has 0 bridgehead atoms. The topological polar surface area (TPSA) is 98.7 Å². The van der Waals surface area contributed by atoms with Gasteiger partial charge in [-0.25, -0.2) is 4.68 Å². The number of aromatic nitrogens is 4. The molecule has 2 aromatic rings. The van der Waals surface area contributed by atoms with E-state index in [0.717, 1.165) is 30.6 Å². The predicted octanol–water partition coefficient (Wildman–Crippen LogP) is 0.976. The summed E-state index contributed by atoms with van der Waals surface area (Å²) in [6, 6.07) is 7.45. The minimum atomic E-state index is 0.0201. The lowest BCUT2D eigenvalue weighted by molar-refractivity contribution is -0.120. The second-order valence-electron chi connectivity index (χ2n) is 5.33. The highest BCUT2D eigenvalue weighted by Crippen LogP contribution is 2.31. The number of hydrogen-bond donors (Lipinski definition) is 2. The predicted molar refractivity (Wildman–Crippen MR) is 77.7 cm³/mol. The molecule has 1 amide bonds. The summed E-state index contributed by atoms with van der Waals surface area (Å²) in [5.74, 6) is 0.371. The molecule has 1 heterocycles. The van der Waals surface area contributed by atoms with Gasteiger partial charge in [0, 0.05) is 11.6 Å². The molecule has 0 radical (unpaired) electrons. The van der Waals surface area contributed by atoms with Gasteiger partial charge in [-0.1, -0.05) is 12.5 Å². The van der Waals surface area contributed by atoms with Crippen LogP contribution in [0.1, 0.15) is 19.3 Å². The third kappa shape index (κ3) is 2.92. The highest BCUT2D eigenvalue weighted by Gasteiger charge is 2.31. The van der Waals surface area contributed by atoms with E-state index in [1.165, 1.54) is 6.33 Å².